The van der Waals surface area contributed by atoms with Crippen LogP contribution in [-0.2, 0) is 6.42 Å². The van der Waals surface area contributed by atoms with E-state index >= 15 is 0 Å². The van der Waals surface area contributed by atoms with Gasteiger partial charge in [-0.2, -0.15) is 5.10 Å². The van der Waals surface area contributed by atoms with E-state index < -0.39 is 11.9 Å². The molecule has 0 fully saturated rings. The summed E-state index contributed by atoms with van der Waals surface area (Å²) in [5.74, 6) is 0.0627. The highest BCUT2D eigenvalue weighted by Crippen LogP contribution is 2.32. The van der Waals surface area contributed by atoms with Gasteiger partial charge in [-0.25, -0.2) is 10.2 Å². The topological polar surface area (TPSA) is 80.9 Å². The van der Waals surface area contributed by atoms with E-state index in [9.17, 15) is 9.59 Å². The second kappa shape index (κ2) is 9.82. The number of fused-ring (bicyclic) bond motifs is 1. The molecule has 0 bridgehead atoms. The van der Waals surface area contributed by atoms with Crippen LogP contribution in [0.4, 0.5) is 0 Å². The number of nitrogens with one attached hydrogen (secondary N) is 1. The molecule has 1 aliphatic carbocycles. The van der Waals surface area contributed by atoms with Crippen LogP contribution in [-0.4, -0.2) is 17.6 Å². The standard InChI is InChI=1S/C25H21Cl3N2O4/c1-12-9-16(10-13(2)22(12)28)33-25(32)23-14(3)21-19(5-4-6-20(21)34-23)29-30-24(31)17-8-7-15(26)11-18(17)27/h7-11H,4-6H2,1-3H3,(H,30,31)/b29-19+. The molecule has 0 saturated carbocycles. The quantitative estimate of drug-likeness (QED) is 0.232. The second-order valence-corrected chi connectivity index (χ2v) is 9.31. The third kappa shape index (κ3) is 4.85. The molecule has 34 heavy (non-hydrogen) atoms. The fourth-order valence-electron chi connectivity index (χ4n) is 3.95. The fraction of sp³-hybridized carbons (Fsp3) is 0.240. The van der Waals surface area contributed by atoms with Crippen LogP contribution >= 0.6 is 34.8 Å². The van der Waals surface area contributed by atoms with Gasteiger partial charge in [0.05, 0.1) is 16.3 Å². The zero-order valence-electron chi connectivity index (χ0n) is 18.7. The Labute approximate surface area is 211 Å². The number of hydrogen-bond donors (Lipinski definition) is 1. The fourth-order valence-corrected chi connectivity index (χ4v) is 4.55. The summed E-state index contributed by atoms with van der Waals surface area (Å²) in [6.45, 7) is 5.46. The Morgan fingerprint density at radius 2 is 1.74 bits per heavy atom. The highest BCUT2D eigenvalue weighted by Gasteiger charge is 2.29. The third-order valence-corrected chi connectivity index (χ3v) is 6.74. The van der Waals surface area contributed by atoms with Crippen LogP contribution in [0.25, 0.3) is 0 Å². The molecule has 1 aliphatic rings. The summed E-state index contributed by atoms with van der Waals surface area (Å²) < 4.78 is 11.4. The normalized spacial score (nSPS) is 14.1. The molecule has 0 saturated heterocycles. The lowest BCUT2D eigenvalue weighted by Gasteiger charge is -2.13. The van der Waals surface area contributed by atoms with E-state index in [1.807, 2.05) is 13.8 Å². The molecule has 1 heterocycles. The van der Waals surface area contributed by atoms with Crippen LogP contribution in [0, 0.1) is 20.8 Å². The van der Waals surface area contributed by atoms with Gasteiger partial charge >= 0.3 is 5.97 Å². The minimum atomic E-state index is -0.607. The highest BCUT2D eigenvalue weighted by atomic mass is 35.5. The number of hydrogen-bond acceptors (Lipinski definition) is 5. The first kappa shape index (κ1) is 24.3. The first-order valence-electron chi connectivity index (χ1n) is 10.6. The summed E-state index contributed by atoms with van der Waals surface area (Å²) in [6, 6.07) is 8.01. The van der Waals surface area contributed by atoms with Crippen LogP contribution < -0.4 is 10.2 Å². The Morgan fingerprint density at radius 3 is 2.41 bits per heavy atom. The number of hydrazone groups is 1. The van der Waals surface area contributed by atoms with Crippen molar-refractivity contribution in [3.05, 3.63) is 84.7 Å². The number of halogens is 3. The van der Waals surface area contributed by atoms with Gasteiger partial charge in [-0.05, 0) is 75.1 Å². The van der Waals surface area contributed by atoms with Crippen LogP contribution in [0.2, 0.25) is 15.1 Å². The van der Waals surface area contributed by atoms with E-state index in [0.29, 0.717) is 51.2 Å². The van der Waals surface area contributed by atoms with Crippen molar-refractivity contribution >= 4 is 52.4 Å². The van der Waals surface area contributed by atoms with Crippen molar-refractivity contribution in [3.63, 3.8) is 0 Å². The molecule has 3 aromatic rings. The molecular weight excluding hydrogens is 499 g/mol. The number of ether oxygens (including phenoxy) is 1. The smallest absolute Gasteiger partial charge is 0.379 e. The number of rotatable bonds is 4. The molecule has 0 unspecified atom stereocenters. The van der Waals surface area contributed by atoms with Crippen molar-refractivity contribution in [2.75, 3.05) is 0 Å². The average molecular weight is 520 g/mol. The number of benzene rings is 2. The van der Waals surface area contributed by atoms with Gasteiger partial charge in [-0.15, -0.1) is 0 Å². The lowest BCUT2D eigenvalue weighted by Crippen LogP contribution is -2.22. The minimum absolute atomic E-state index is 0.108. The van der Waals surface area contributed by atoms with Gasteiger partial charge in [0.1, 0.15) is 11.5 Å². The van der Waals surface area contributed by atoms with E-state index in [1.165, 1.54) is 12.1 Å². The number of nitrogens with zero attached hydrogens (tertiary/aromatic N) is 1. The van der Waals surface area contributed by atoms with E-state index in [1.54, 1.807) is 25.1 Å². The molecule has 4 rings (SSSR count). The number of esters is 1. The number of amides is 1. The maximum Gasteiger partial charge on any atom is 0.379 e. The lowest BCUT2D eigenvalue weighted by atomic mass is 9.93. The van der Waals surface area contributed by atoms with Gasteiger partial charge in [0.2, 0.25) is 5.76 Å². The first-order valence-corrected chi connectivity index (χ1v) is 11.7. The monoisotopic (exact) mass is 518 g/mol. The SMILES string of the molecule is Cc1cc(OC(=O)c2oc3c(c2C)/C(=N/NC(=O)c2ccc(Cl)cc2Cl)CCC3)cc(C)c1Cl. The number of carbonyl (C=O) groups is 2. The van der Waals surface area contributed by atoms with Crippen LogP contribution in [0.5, 0.6) is 5.75 Å². The molecule has 176 valence electrons. The van der Waals surface area contributed by atoms with Gasteiger partial charge < -0.3 is 9.15 Å². The Hall–Kier alpha value is -2.80. The predicted molar refractivity (Wildman–Crippen MR) is 133 cm³/mol. The largest absolute Gasteiger partial charge is 0.453 e. The summed E-state index contributed by atoms with van der Waals surface area (Å²) in [7, 11) is 0. The summed E-state index contributed by atoms with van der Waals surface area (Å²) in [5.41, 5.74) is 6.37. The summed E-state index contributed by atoms with van der Waals surface area (Å²) >= 11 is 18.2. The van der Waals surface area contributed by atoms with E-state index in [0.717, 1.165) is 17.5 Å². The Balaban J connectivity index is 1.58. The zero-order valence-corrected chi connectivity index (χ0v) is 21.0. The summed E-state index contributed by atoms with van der Waals surface area (Å²) in [5, 5.41) is 5.61. The van der Waals surface area contributed by atoms with Crippen molar-refractivity contribution in [1.29, 1.82) is 0 Å². The number of aryl methyl sites for hydroxylation is 3. The van der Waals surface area contributed by atoms with Gasteiger partial charge in [-0.1, -0.05) is 34.8 Å². The number of furan rings is 1. The van der Waals surface area contributed by atoms with Crippen molar-refractivity contribution < 1.29 is 18.7 Å². The van der Waals surface area contributed by atoms with Gasteiger partial charge in [0.25, 0.3) is 5.91 Å². The van der Waals surface area contributed by atoms with Crippen LogP contribution in [0.3, 0.4) is 0 Å². The molecule has 1 amide bonds. The minimum Gasteiger partial charge on any atom is -0.453 e. The molecule has 6 nitrogen and oxygen atoms in total. The molecule has 1 N–H and O–H groups in total. The second-order valence-electron chi connectivity index (χ2n) is 8.09. The molecule has 0 atom stereocenters. The molecule has 0 spiro atoms. The molecule has 2 aromatic carbocycles. The predicted octanol–water partition coefficient (Wildman–Crippen LogP) is 6.85. The Morgan fingerprint density at radius 1 is 1.03 bits per heavy atom. The zero-order chi connectivity index (χ0) is 24.6. The maximum absolute atomic E-state index is 12.9. The first-order chi connectivity index (χ1) is 16.2. The van der Waals surface area contributed by atoms with Crippen molar-refractivity contribution in [2.45, 2.75) is 40.0 Å². The van der Waals surface area contributed by atoms with Gasteiger partial charge in [0.15, 0.2) is 0 Å². The average Bonchev–Trinajstić information content (AvgIpc) is 3.13. The van der Waals surface area contributed by atoms with Gasteiger partial charge in [0, 0.05) is 27.6 Å². The lowest BCUT2D eigenvalue weighted by molar-refractivity contribution is 0.0698. The van der Waals surface area contributed by atoms with E-state index in [2.05, 4.69) is 10.5 Å². The van der Waals surface area contributed by atoms with Crippen LogP contribution in [0.15, 0.2) is 39.9 Å². The Kier molecular flexibility index (Phi) is 7.03. The highest BCUT2D eigenvalue weighted by molar-refractivity contribution is 6.36. The van der Waals surface area contributed by atoms with E-state index in [4.69, 9.17) is 44.0 Å². The van der Waals surface area contributed by atoms with Crippen molar-refractivity contribution in [2.24, 2.45) is 5.10 Å². The molecule has 9 heteroatoms. The molecule has 0 aliphatic heterocycles. The van der Waals surface area contributed by atoms with Crippen molar-refractivity contribution in [3.8, 4) is 5.75 Å². The summed E-state index contributed by atoms with van der Waals surface area (Å²) in [4.78, 5) is 25.5. The third-order valence-electron chi connectivity index (χ3n) is 5.60. The van der Waals surface area contributed by atoms with E-state index in [-0.39, 0.29) is 16.3 Å². The van der Waals surface area contributed by atoms with Gasteiger partial charge in [-0.3, -0.25) is 4.79 Å². The van der Waals surface area contributed by atoms with Crippen molar-refractivity contribution in [1.82, 2.24) is 5.43 Å². The molecule has 0 radical (unpaired) electrons. The van der Waals surface area contributed by atoms with Crippen LogP contribution in [0.1, 0.15) is 61.8 Å². The Bertz CT molecular complexity index is 1320. The summed E-state index contributed by atoms with van der Waals surface area (Å²) in [6.07, 6.45) is 2.03. The molecule has 1 aromatic heterocycles. The number of carbonyl (C=O) groups excluding carboxylic acids is 2. The molecular formula is C25H21Cl3N2O4. The maximum atomic E-state index is 12.9.